The van der Waals surface area contributed by atoms with Gasteiger partial charge < -0.3 is 5.73 Å². The Balaban J connectivity index is 3.19. The molecule has 0 bridgehead atoms. The molecular weight excluding hydrogens is 304 g/mol. The molecule has 2 N–H and O–H groups in total. The fourth-order valence-electron chi connectivity index (χ4n) is 1.61. The van der Waals surface area contributed by atoms with Crippen molar-refractivity contribution in [3.63, 3.8) is 0 Å². The zero-order valence-electron chi connectivity index (χ0n) is 11.3. The van der Waals surface area contributed by atoms with Crippen LogP contribution in [-0.2, 0) is 16.6 Å². The standard InChI is InChI=1S/C12H19ClN2O2S2/c1-9(8-18-3)15(2)19(16,17)12-6-10(7-14)4-5-11(12)13/h4-6,9H,7-8,14H2,1-3H3. The minimum atomic E-state index is -3.59. The van der Waals surface area contributed by atoms with Gasteiger partial charge in [0.25, 0.3) is 0 Å². The van der Waals surface area contributed by atoms with Gasteiger partial charge in [-0.1, -0.05) is 17.7 Å². The third-order valence-corrected chi connectivity index (χ3v) is 6.19. The van der Waals surface area contributed by atoms with Gasteiger partial charge in [-0.15, -0.1) is 0 Å². The Labute approximate surface area is 124 Å². The van der Waals surface area contributed by atoms with Gasteiger partial charge in [-0.25, -0.2) is 8.42 Å². The van der Waals surface area contributed by atoms with Gasteiger partial charge in [0.05, 0.1) is 5.02 Å². The van der Waals surface area contributed by atoms with Crippen LogP contribution in [0.2, 0.25) is 5.02 Å². The van der Waals surface area contributed by atoms with Crippen molar-refractivity contribution < 1.29 is 8.42 Å². The molecule has 0 radical (unpaired) electrons. The second kappa shape index (κ2) is 6.95. The molecule has 4 nitrogen and oxygen atoms in total. The minimum absolute atomic E-state index is 0.0994. The SMILES string of the molecule is CSCC(C)N(C)S(=O)(=O)c1cc(CN)ccc1Cl. The van der Waals surface area contributed by atoms with Crippen molar-refractivity contribution in [3.8, 4) is 0 Å². The second-order valence-electron chi connectivity index (χ2n) is 4.29. The molecule has 0 saturated heterocycles. The monoisotopic (exact) mass is 322 g/mol. The van der Waals surface area contributed by atoms with Crippen molar-refractivity contribution in [1.29, 1.82) is 0 Å². The van der Waals surface area contributed by atoms with Gasteiger partial charge in [-0.3, -0.25) is 0 Å². The minimum Gasteiger partial charge on any atom is -0.326 e. The lowest BCUT2D eigenvalue weighted by atomic mass is 10.2. The highest BCUT2D eigenvalue weighted by Gasteiger charge is 2.27. The largest absolute Gasteiger partial charge is 0.326 e. The van der Waals surface area contributed by atoms with E-state index in [2.05, 4.69) is 0 Å². The van der Waals surface area contributed by atoms with Crippen molar-refractivity contribution in [2.24, 2.45) is 5.73 Å². The smallest absolute Gasteiger partial charge is 0.244 e. The van der Waals surface area contributed by atoms with Crippen molar-refractivity contribution in [2.45, 2.75) is 24.4 Å². The normalized spacial score (nSPS) is 13.8. The van der Waals surface area contributed by atoms with Crippen LogP contribution in [0.1, 0.15) is 12.5 Å². The van der Waals surface area contributed by atoms with Crippen molar-refractivity contribution in [3.05, 3.63) is 28.8 Å². The van der Waals surface area contributed by atoms with E-state index in [1.54, 1.807) is 37.0 Å². The fraction of sp³-hybridized carbons (Fsp3) is 0.500. The van der Waals surface area contributed by atoms with E-state index >= 15 is 0 Å². The van der Waals surface area contributed by atoms with Crippen LogP contribution in [-0.4, -0.2) is 37.8 Å². The molecule has 1 aromatic carbocycles. The van der Waals surface area contributed by atoms with Crippen LogP contribution in [0.3, 0.4) is 0 Å². The number of nitrogens with two attached hydrogens (primary N) is 1. The molecule has 0 saturated carbocycles. The van der Waals surface area contributed by atoms with E-state index in [1.807, 2.05) is 13.2 Å². The molecule has 1 unspecified atom stereocenters. The number of nitrogens with zero attached hydrogens (tertiary/aromatic N) is 1. The van der Waals surface area contributed by atoms with Crippen molar-refractivity contribution in [2.75, 3.05) is 19.1 Å². The van der Waals surface area contributed by atoms with Crippen LogP contribution in [0.25, 0.3) is 0 Å². The Morgan fingerprint density at radius 2 is 2.11 bits per heavy atom. The molecule has 0 spiro atoms. The summed E-state index contributed by atoms with van der Waals surface area (Å²) >= 11 is 7.61. The Kier molecular flexibility index (Phi) is 6.14. The van der Waals surface area contributed by atoms with Gasteiger partial charge in [0, 0.05) is 25.4 Å². The Morgan fingerprint density at radius 1 is 1.47 bits per heavy atom. The van der Waals surface area contributed by atoms with Crippen molar-refractivity contribution >= 4 is 33.4 Å². The predicted molar refractivity (Wildman–Crippen MR) is 82.1 cm³/mol. The second-order valence-corrected chi connectivity index (χ2v) is 7.58. The lowest BCUT2D eigenvalue weighted by molar-refractivity contribution is 0.415. The molecule has 1 atom stereocenters. The first kappa shape index (κ1) is 16.8. The number of benzene rings is 1. The van der Waals surface area contributed by atoms with Crippen LogP contribution < -0.4 is 5.73 Å². The van der Waals surface area contributed by atoms with E-state index < -0.39 is 10.0 Å². The summed E-state index contributed by atoms with van der Waals surface area (Å²) in [6.45, 7) is 2.15. The maximum Gasteiger partial charge on any atom is 0.244 e. The zero-order valence-corrected chi connectivity index (χ0v) is 13.6. The maximum atomic E-state index is 12.5. The molecule has 0 heterocycles. The zero-order chi connectivity index (χ0) is 14.6. The molecule has 1 aromatic rings. The lowest BCUT2D eigenvalue weighted by Gasteiger charge is -2.24. The number of rotatable bonds is 6. The molecule has 0 aliphatic rings. The van der Waals surface area contributed by atoms with E-state index in [4.69, 9.17) is 17.3 Å². The van der Waals surface area contributed by atoms with Crippen LogP contribution in [0.15, 0.2) is 23.1 Å². The van der Waals surface area contributed by atoms with Crippen LogP contribution in [0.5, 0.6) is 0 Å². The molecule has 0 amide bonds. The van der Waals surface area contributed by atoms with E-state index in [-0.39, 0.29) is 22.5 Å². The molecule has 0 aliphatic carbocycles. The third kappa shape index (κ3) is 3.86. The Morgan fingerprint density at radius 3 is 2.63 bits per heavy atom. The van der Waals surface area contributed by atoms with Gasteiger partial charge >= 0.3 is 0 Å². The van der Waals surface area contributed by atoms with Gasteiger partial charge in [0.15, 0.2) is 0 Å². The van der Waals surface area contributed by atoms with Gasteiger partial charge in [0.2, 0.25) is 10.0 Å². The van der Waals surface area contributed by atoms with E-state index in [9.17, 15) is 8.42 Å². The van der Waals surface area contributed by atoms with Crippen molar-refractivity contribution in [1.82, 2.24) is 4.31 Å². The molecule has 0 aromatic heterocycles. The summed E-state index contributed by atoms with van der Waals surface area (Å²) in [5.41, 5.74) is 6.29. The number of thioether (sulfide) groups is 1. The number of hydrogen-bond donors (Lipinski definition) is 1. The third-order valence-electron chi connectivity index (χ3n) is 2.92. The summed E-state index contributed by atoms with van der Waals surface area (Å²) in [4.78, 5) is 0.118. The number of hydrogen-bond acceptors (Lipinski definition) is 4. The fourth-order valence-corrected chi connectivity index (χ4v) is 4.29. The first-order valence-electron chi connectivity index (χ1n) is 5.80. The first-order valence-corrected chi connectivity index (χ1v) is 9.01. The summed E-state index contributed by atoms with van der Waals surface area (Å²) in [5, 5.41) is 0.223. The van der Waals surface area contributed by atoms with E-state index in [0.717, 1.165) is 11.3 Å². The average Bonchev–Trinajstić information content (AvgIpc) is 2.38. The quantitative estimate of drug-likeness (QED) is 0.872. The number of sulfonamides is 1. The van der Waals surface area contributed by atoms with Gasteiger partial charge in [-0.05, 0) is 30.9 Å². The highest BCUT2D eigenvalue weighted by Crippen LogP contribution is 2.26. The highest BCUT2D eigenvalue weighted by molar-refractivity contribution is 7.98. The average molecular weight is 323 g/mol. The first-order chi connectivity index (χ1) is 8.84. The summed E-state index contributed by atoms with van der Waals surface area (Å²) in [5.74, 6) is 0.726. The van der Waals surface area contributed by atoms with Crippen LogP contribution >= 0.6 is 23.4 Å². The maximum absolute atomic E-state index is 12.5. The van der Waals surface area contributed by atoms with Crippen LogP contribution in [0, 0.1) is 0 Å². The Bertz CT molecular complexity index is 535. The van der Waals surface area contributed by atoms with Crippen LogP contribution in [0.4, 0.5) is 0 Å². The number of halogens is 1. The van der Waals surface area contributed by atoms with E-state index in [1.165, 1.54) is 4.31 Å². The molecule has 0 aliphatic heterocycles. The summed E-state index contributed by atoms with van der Waals surface area (Å²) in [6.07, 6.45) is 1.94. The topological polar surface area (TPSA) is 63.4 Å². The van der Waals surface area contributed by atoms with E-state index in [0.29, 0.717) is 0 Å². The molecule has 0 fully saturated rings. The molecule has 19 heavy (non-hydrogen) atoms. The van der Waals surface area contributed by atoms with Gasteiger partial charge in [0.1, 0.15) is 4.90 Å². The molecule has 1 rings (SSSR count). The summed E-state index contributed by atoms with van der Waals surface area (Å²) in [7, 11) is -2.02. The van der Waals surface area contributed by atoms with Gasteiger partial charge in [-0.2, -0.15) is 16.1 Å². The lowest BCUT2D eigenvalue weighted by Crippen LogP contribution is -2.36. The Hall–Kier alpha value is -0.270. The summed E-state index contributed by atoms with van der Waals surface area (Å²) < 4.78 is 26.4. The molecular formula is C12H19ClN2O2S2. The molecule has 7 heteroatoms. The highest BCUT2D eigenvalue weighted by atomic mass is 35.5. The molecule has 108 valence electrons. The summed E-state index contributed by atoms with van der Waals surface area (Å²) in [6, 6.07) is 4.74. The predicted octanol–water partition coefficient (Wildman–Crippen LogP) is 2.17.